The molecule has 2 atom stereocenters. The van der Waals surface area contributed by atoms with Gasteiger partial charge in [0, 0.05) is 12.6 Å². The van der Waals surface area contributed by atoms with E-state index in [4.69, 9.17) is 0 Å². The van der Waals surface area contributed by atoms with Crippen molar-refractivity contribution in [2.45, 2.75) is 32.5 Å². The van der Waals surface area contributed by atoms with E-state index >= 15 is 0 Å². The number of hydrogen-bond acceptors (Lipinski definition) is 1. The zero-order valence-corrected chi connectivity index (χ0v) is 6.10. The zero-order chi connectivity index (χ0) is 6.85. The molecule has 1 aliphatic rings. The molecule has 0 aromatic carbocycles. The second-order valence-electron chi connectivity index (χ2n) is 2.67. The lowest BCUT2D eigenvalue weighted by Gasteiger charge is -2.18. The van der Waals surface area contributed by atoms with Gasteiger partial charge in [-0.05, 0) is 19.9 Å². The standard InChI is InChI=1S/C7H14FN/c1-3-9-5-4-7(8)6(9)2/h6-7H,3-5H2,1-2H3. The first-order valence-corrected chi connectivity index (χ1v) is 3.63. The normalized spacial score (nSPS) is 37.7. The third kappa shape index (κ3) is 1.23. The Labute approximate surface area is 55.8 Å². The molecule has 0 saturated carbocycles. The van der Waals surface area contributed by atoms with Gasteiger partial charge in [0.2, 0.25) is 0 Å². The van der Waals surface area contributed by atoms with E-state index in [1.54, 1.807) is 0 Å². The molecule has 0 spiro atoms. The van der Waals surface area contributed by atoms with Gasteiger partial charge < -0.3 is 0 Å². The van der Waals surface area contributed by atoms with E-state index in [-0.39, 0.29) is 6.04 Å². The van der Waals surface area contributed by atoms with Crippen LogP contribution in [0.15, 0.2) is 0 Å². The summed E-state index contributed by atoms with van der Waals surface area (Å²) in [6.07, 6.45) is 0.152. The Hall–Kier alpha value is -0.110. The number of halogens is 1. The maximum absolute atomic E-state index is 12.7. The van der Waals surface area contributed by atoms with Crippen molar-refractivity contribution in [3.63, 3.8) is 0 Å². The van der Waals surface area contributed by atoms with Gasteiger partial charge in [-0.15, -0.1) is 0 Å². The Morgan fingerprint density at radius 1 is 1.67 bits per heavy atom. The van der Waals surface area contributed by atoms with Gasteiger partial charge in [0.1, 0.15) is 6.17 Å². The molecule has 1 aliphatic heterocycles. The Morgan fingerprint density at radius 2 is 2.33 bits per heavy atom. The summed E-state index contributed by atoms with van der Waals surface area (Å²) in [4.78, 5) is 2.17. The number of likely N-dealkylation sites (tertiary alicyclic amines) is 1. The lowest BCUT2D eigenvalue weighted by Crippen LogP contribution is -2.30. The summed E-state index contributed by atoms with van der Waals surface area (Å²) in [5.41, 5.74) is 0. The molecule has 1 fully saturated rings. The predicted molar refractivity (Wildman–Crippen MR) is 36.2 cm³/mol. The summed E-state index contributed by atoms with van der Waals surface area (Å²) in [6.45, 7) is 5.97. The largest absolute Gasteiger partial charge is 0.298 e. The second-order valence-corrected chi connectivity index (χ2v) is 2.67. The molecule has 2 heteroatoms. The third-order valence-electron chi connectivity index (χ3n) is 2.20. The first kappa shape index (κ1) is 7.00. The zero-order valence-electron chi connectivity index (χ0n) is 6.10. The van der Waals surface area contributed by atoms with Crippen LogP contribution in [-0.2, 0) is 0 Å². The van der Waals surface area contributed by atoms with E-state index in [1.807, 2.05) is 6.92 Å². The maximum atomic E-state index is 12.7. The fraction of sp³-hybridized carbons (Fsp3) is 1.00. The summed E-state index contributed by atoms with van der Waals surface area (Å²) < 4.78 is 12.7. The van der Waals surface area contributed by atoms with Crippen molar-refractivity contribution in [1.29, 1.82) is 0 Å². The van der Waals surface area contributed by atoms with Crippen LogP contribution in [0.25, 0.3) is 0 Å². The summed E-state index contributed by atoms with van der Waals surface area (Å²) in [6, 6.07) is 0.162. The molecule has 0 N–H and O–H groups in total. The van der Waals surface area contributed by atoms with Gasteiger partial charge in [0.15, 0.2) is 0 Å². The smallest absolute Gasteiger partial charge is 0.116 e. The lowest BCUT2D eigenvalue weighted by atomic mass is 10.2. The minimum absolute atomic E-state index is 0.162. The highest BCUT2D eigenvalue weighted by Crippen LogP contribution is 2.19. The van der Waals surface area contributed by atoms with Crippen LogP contribution >= 0.6 is 0 Å². The van der Waals surface area contributed by atoms with Crippen LogP contribution in [0.4, 0.5) is 4.39 Å². The monoisotopic (exact) mass is 131 g/mol. The number of alkyl halides is 1. The van der Waals surface area contributed by atoms with E-state index in [1.165, 1.54) is 0 Å². The van der Waals surface area contributed by atoms with E-state index in [9.17, 15) is 4.39 Å². The third-order valence-corrected chi connectivity index (χ3v) is 2.20. The first-order valence-electron chi connectivity index (χ1n) is 3.63. The molecule has 0 aromatic rings. The van der Waals surface area contributed by atoms with Gasteiger partial charge in [-0.1, -0.05) is 6.92 Å². The molecule has 54 valence electrons. The minimum atomic E-state index is -0.579. The van der Waals surface area contributed by atoms with Crippen molar-refractivity contribution in [3.05, 3.63) is 0 Å². The number of hydrogen-bond donors (Lipinski definition) is 0. The van der Waals surface area contributed by atoms with Crippen molar-refractivity contribution < 1.29 is 4.39 Å². The molecule has 9 heavy (non-hydrogen) atoms. The van der Waals surface area contributed by atoms with Gasteiger partial charge in [-0.2, -0.15) is 0 Å². The van der Waals surface area contributed by atoms with Crippen LogP contribution in [0, 0.1) is 0 Å². The molecule has 0 aliphatic carbocycles. The molecule has 2 unspecified atom stereocenters. The highest BCUT2D eigenvalue weighted by molar-refractivity contribution is 4.82. The topological polar surface area (TPSA) is 3.24 Å². The van der Waals surface area contributed by atoms with Crippen molar-refractivity contribution in [3.8, 4) is 0 Å². The van der Waals surface area contributed by atoms with Crippen LogP contribution in [0.5, 0.6) is 0 Å². The van der Waals surface area contributed by atoms with E-state index in [0.29, 0.717) is 0 Å². The fourth-order valence-corrected chi connectivity index (χ4v) is 1.41. The van der Waals surface area contributed by atoms with E-state index in [0.717, 1.165) is 19.5 Å². The molecule has 1 saturated heterocycles. The highest BCUT2D eigenvalue weighted by Gasteiger charge is 2.28. The second kappa shape index (κ2) is 2.65. The van der Waals surface area contributed by atoms with Crippen molar-refractivity contribution >= 4 is 0 Å². The van der Waals surface area contributed by atoms with Crippen molar-refractivity contribution in [2.24, 2.45) is 0 Å². The highest BCUT2D eigenvalue weighted by atomic mass is 19.1. The molecule has 1 nitrogen and oxygen atoms in total. The summed E-state index contributed by atoms with van der Waals surface area (Å²) in [5.74, 6) is 0. The average molecular weight is 131 g/mol. The van der Waals surface area contributed by atoms with Crippen LogP contribution in [0.3, 0.4) is 0 Å². The number of rotatable bonds is 1. The molecule has 0 bridgehead atoms. The van der Waals surface area contributed by atoms with Crippen LogP contribution in [-0.4, -0.2) is 30.2 Å². The fourth-order valence-electron chi connectivity index (χ4n) is 1.41. The summed E-state index contributed by atoms with van der Waals surface area (Å²) >= 11 is 0. The van der Waals surface area contributed by atoms with Crippen LogP contribution in [0.1, 0.15) is 20.3 Å². The minimum Gasteiger partial charge on any atom is -0.298 e. The van der Waals surface area contributed by atoms with Crippen LogP contribution in [0.2, 0.25) is 0 Å². The van der Waals surface area contributed by atoms with Crippen LogP contribution < -0.4 is 0 Å². The van der Waals surface area contributed by atoms with E-state index < -0.39 is 6.17 Å². The Kier molecular flexibility index (Phi) is 2.06. The SMILES string of the molecule is CCN1CCC(F)C1C. The van der Waals surface area contributed by atoms with Gasteiger partial charge >= 0.3 is 0 Å². The maximum Gasteiger partial charge on any atom is 0.116 e. The average Bonchev–Trinajstić information content (AvgIpc) is 2.15. The first-order chi connectivity index (χ1) is 4.25. The molecule has 1 rings (SSSR count). The van der Waals surface area contributed by atoms with Crippen molar-refractivity contribution in [1.82, 2.24) is 4.90 Å². The summed E-state index contributed by atoms with van der Waals surface area (Å²) in [7, 11) is 0. The van der Waals surface area contributed by atoms with Crippen molar-refractivity contribution in [2.75, 3.05) is 13.1 Å². The predicted octanol–water partition coefficient (Wildman–Crippen LogP) is 1.44. The molecule has 0 radical (unpaired) electrons. The number of nitrogens with zero attached hydrogens (tertiary/aromatic N) is 1. The van der Waals surface area contributed by atoms with Gasteiger partial charge in [-0.25, -0.2) is 4.39 Å². The quantitative estimate of drug-likeness (QED) is 0.520. The van der Waals surface area contributed by atoms with E-state index in [2.05, 4.69) is 11.8 Å². The molecule has 1 heterocycles. The lowest BCUT2D eigenvalue weighted by molar-refractivity contribution is 0.216. The Balaban J connectivity index is 2.41. The molecule has 0 amide bonds. The Morgan fingerprint density at radius 3 is 2.56 bits per heavy atom. The summed E-state index contributed by atoms with van der Waals surface area (Å²) in [5, 5.41) is 0. The van der Waals surface area contributed by atoms with Gasteiger partial charge in [0.05, 0.1) is 0 Å². The molecular weight excluding hydrogens is 117 g/mol. The van der Waals surface area contributed by atoms with Gasteiger partial charge in [-0.3, -0.25) is 4.90 Å². The molecule has 0 aromatic heterocycles. The molecular formula is C7H14FN. The van der Waals surface area contributed by atoms with Gasteiger partial charge in [0.25, 0.3) is 0 Å². The Bertz CT molecular complexity index is 94.9.